The molecule has 1 atom stereocenters. The van der Waals surface area contributed by atoms with Crippen LogP contribution in [0.2, 0.25) is 10.0 Å². The molecule has 1 aliphatic rings. The van der Waals surface area contributed by atoms with E-state index in [2.05, 4.69) is 15.5 Å². The molecule has 1 fully saturated rings. The number of amidine groups is 1. The monoisotopic (exact) mass is 465 g/mol. The van der Waals surface area contributed by atoms with Gasteiger partial charge in [-0.3, -0.25) is 4.79 Å². The molecular formula is C21H21Cl2N3O3S. The number of ether oxygens (including phenoxy) is 2. The van der Waals surface area contributed by atoms with Crippen molar-refractivity contribution in [3.63, 3.8) is 0 Å². The maximum atomic E-state index is 12.2. The van der Waals surface area contributed by atoms with Crippen molar-refractivity contribution in [2.24, 2.45) is 10.2 Å². The molecule has 1 aliphatic heterocycles. The summed E-state index contributed by atoms with van der Waals surface area (Å²) in [6.45, 7) is 3.90. The van der Waals surface area contributed by atoms with Gasteiger partial charge in [-0.05, 0) is 61.7 Å². The van der Waals surface area contributed by atoms with Crippen LogP contribution in [0, 0.1) is 0 Å². The third-order valence-corrected chi connectivity index (χ3v) is 5.76. The zero-order chi connectivity index (χ0) is 21.7. The van der Waals surface area contributed by atoms with Crippen LogP contribution in [0.15, 0.2) is 46.6 Å². The van der Waals surface area contributed by atoms with Crippen LogP contribution < -0.4 is 14.8 Å². The second-order valence-electron chi connectivity index (χ2n) is 6.76. The lowest BCUT2D eigenvalue weighted by molar-refractivity contribution is -0.118. The summed E-state index contributed by atoms with van der Waals surface area (Å²) in [5, 5.41) is 12.2. The molecule has 0 saturated carbocycles. The second kappa shape index (κ2) is 10.2. The number of rotatable bonds is 7. The maximum absolute atomic E-state index is 12.2. The van der Waals surface area contributed by atoms with E-state index in [9.17, 15) is 4.79 Å². The number of thioether (sulfide) groups is 1. The fourth-order valence-electron chi connectivity index (χ4n) is 2.74. The summed E-state index contributed by atoms with van der Waals surface area (Å²) in [5.74, 6) is 1.15. The smallest absolute Gasteiger partial charge is 0.239 e. The van der Waals surface area contributed by atoms with Gasteiger partial charge in [0.1, 0.15) is 0 Å². The van der Waals surface area contributed by atoms with E-state index in [4.69, 9.17) is 32.7 Å². The lowest BCUT2D eigenvalue weighted by Crippen LogP contribution is -2.26. The standard InChI is InChI=1S/C21H21Cl2N3O3S/c1-12(2)29-17-7-4-13(8-18(17)28-3)11-24-26-21-25-20(27)19(30-21)9-14-5-6-15(22)10-16(14)23/h4-8,10-12,19H,9H2,1-3H3,(H,25,26,27)/b24-11+. The predicted octanol–water partition coefficient (Wildman–Crippen LogP) is 4.95. The Balaban J connectivity index is 1.65. The van der Waals surface area contributed by atoms with Crippen molar-refractivity contribution in [3.8, 4) is 11.5 Å². The summed E-state index contributed by atoms with van der Waals surface area (Å²) in [4.78, 5) is 12.2. The van der Waals surface area contributed by atoms with Crippen LogP contribution in [-0.2, 0) is 11.2 Å². The number of carbonyl (C=O) groups excluding carboxylic acids is 1. The van der Waals surface area contributed by atoms with E-state index in [0.717, 1.165) is 11.1 Å². The highest BCUT2D eigenvalue weighted by Gasteiger charge is 2.31. The minimum Gasteiger partial charge on any atom is -0.493 e. The number of nitrogens with one attached hydrogen (secondary N) is 1. The molecule has 0 spiro atoms. The molecule has 2 aromatic carbocycles. The number of halogens is 2. The van der Waals surface area contributed by atoms with E-state index in [1.54, 1.807) is 25.5 Å². The van der Waals surface area contributed by atoms with Crippen LogP contribution in [0.25, 0.3) is 0 Å². The largest absolute Gasteiger partial charge is 0.493 e. The first-order valence-electron chi connectivity index (χ1n) is 9.23. The molecule has 6 nitrogen and oxygen atoms in total. The molecule has 9 heteroatoms. The highest BCUT2D eigenvalue weighted by molar-refractivity contribution is 8.15. The Morgan fingerprint density at radius 2 is 2.00 bits per heavy atom. The molecule has 0 aromatic heterocycles. The first-order chi connectivity index (χ1) is 14.4. The lowest BCUT2D eigenvalue weighted by atomic mass is 10.1. The fraction of sp³-hybridized carbons (Fsp3) is 0.286. The number of hydrogen-bond acceptors (Lipinski definition) is 6. The van der Waals surface area contributed by atoms with Gasteiger partial charge in [-0.1, -0.05) is 41.0 Å². The third kappa shape index (κ3) is 5.90. The van der Waals surface area contributed by atoms with Crippen molar-refractivity contribution < 1.29 is 14.3 Å². The number of benzene rings is 2. The van der Waals surface area contributed by atoms with Gasteiger partial charge in [-0.25, -0.2) is 0 Å². The molecule has 1 unspecified atom stereocenters. The SMILES string of the molecule is COc1cc(/C=N/N=C2\NC(=O)C(Cc3ccc(Cl)cc3Cl)S2)ccc1OC(C)C. The number of hydrogen-bond donors (Lipinski definition) is 1. The summed E-state index contributed by atoms with van der Waals surface area (Å²) in [5.41, 5.74) is 1.65. The van der Waals surface area contributed by atoms with Gasteiger partial charge in [0.05, 0.1) is 24.7 Å². The normalized spacial score (nSPS) is 17.7. The van der Waals surface area contributed by atoms with Crippen LogP contribution in [0.1, 0.15) is 25.0 Å². The molecule has 0 aliphatic carbocycles. The third-order valence-electron chi connectivity index (χ3n) is 4.10. The minimum absolute atomic E-state index is 0.0449. The van der Waals surface area contributed by atoms with Crippen molar-refractivity contribution in [1.82, 2.24) is 5.32 Å². The van der Waals surface area contributed by atoms with Crippen LogP contribution in [-0.4, -0.2) is 35.8 Å². The highest BCUT2D eigenvalue weighted by atomic mass is 35.5. The van der Waals surface area contributed by atoms with Gasteiger partial charge in [-0.15, -0.1) is 5.10 Å². The van der Waals surface area contributed by atoms with Crippen molar-refractivity contribution in [3.05, 3.63) is 57.6 Å². The Morgan fingerprint density at radius 1 is 1.20 bits per heavy atom. The summed E-state index contributed by atoms with van der Waals surface area (Å²) >= 11 is 13.5. The topological polar surface area (TPSA) is 72.3 Å². The van der Waals surface area contributed by atoms with Crippen LogP contribution in [0.3, 0.4) is 0 Å². The van der Waals surface area contributed by atoms with Crippen molar-refractivity contribution in [2.45, 2.75) is 31.6 Å². The molecule has 1 saturated heterocycles. The summed E-state index contributed by atoms with van der Waals surface area (Å²) < 4.78 is 11.1. The molecule has 1 N–H and O–H groups in total. The first-order valence-corrected chi connectivity index (χ1v) is 10.9. The van der Waals surface area contributed by atoms with Gasteiger partial charge in [0.2, 0.25) is 5.91 Å². The maximum Gasteiger partial charge on any atom is 0.239 e. The molecule has 0 bridgehead atoms. The quantitative estimate of drug-likeness (QED) is 0.463. The minimum atomic E-state index is -0.329. The number of nitrogens with zero attached hydrogens (tertiary/aromatic N) is 2. The Kier molecular flexibility index (Phi) is 7.64. The van der Waals surface area contributed by atoms with Crippen molar-refractivity contribution >= 4 is 52.3 Å². The number of methoxy groups -OCH3 is 1. The molecule has 1 heterocycles. The summed E-state index contributed by atoms with van der Waals surface area (Å²) in [6, 6.07) is 10.7. The summed E-state index contributed by atoms with van der Waals surface area (Å²) in [7, 11) is 1.58. The zero-order valence-corrected chi connectivity index (χ0v) is 19.0. The van der Waals surface area contributed by atoms with E-state index >= 15 is 0 Å². The lowest BCUT2D eigenvalue weighted by Gasteiger charge is -2.13. The molecule has 0 radical (unpaired) electrons. The molecule has 3 rings (SSSR count). The van der Waals surface area contributed by atoms with E-state index in [0.29, 0.717) is 33.1 Å². The Bertz CT molecular complexity index is 995. The van der Waals surface area contributed by atoms with E-state index in [1.165, 1.54) is 11.8 Å². The van der Waals surface area contributed by atoms with Crippen LogP contribution in [0.5, 0.6) is 11.5 Å². The number of carbonyl (C=O) groups is 1. The average Bonchev–Trinajstić information content (AvgIpc) is 3.04. The van der Waals surface area contributed by atoms with Gasteiger partial charge in [0, 0.05) is 10.0 Å². The van der Waals surface area contributed by atoms with Gasteiger partial charge in [0.25, 0.3) is 0 Å². The second-order valence-corrected chi connectivity index (χ2v) is 8.80. The summed E-state index contributed by atoms with van der Waals surface area (Å²) in [6.07, 6.45) is 2.11. The van der Waals surface area contributed by atoms with Crippen molar-refractivity contribution in [1.29, 1.82) is 0 Å². The van der Waals surface area contributed by atoms with Crippen LogP contribution in [0.4, 0.5) is 0 Å². The molecule has 30 heavy (non-hydrogen) atoms. The van der Waals surface area contributed by atoms with Gasteiger partial charge in [0.15, 0.2) is 16.7 Å². The van der Waals surface area contributed by atoms with E-state index in [-0.39, 0.29) is 17.3 Å². The van der Waals surface area contributed by atoms with E-state index in [1.807, 2.05) is 38.1 Å². The van der Waals surface area contributed by atoms with Crippen molar-refractivity contribution in [2.75, 3.05) is 7.11 Å². The predicted molar refractivity (Wildman–Crippen MR) is 123 cm³/mol. The number of amides is 1. The Morgan fingerprint density at radius 3 is 2.70 bits per heavy atom. The van der Waals surface area contributed by atoms with Crippen LogP contribution >= 0.6 is 35.0 Å². The Labute approximate surface area is 189 Å². The molecule has 1 amide bonds. The fourth-order valence-corrected chi connectivity index (χ4v) is 4.18. The zero-order valence-electron chi connectivity index (χ0n) is 16.7. The van der Waals surface area contributed by atoms with Gasteiger partial charge in [-0.2, -0.15) is 5.10 Å². The highest BCUT2D eigenvalue weighted by Crippen LogP contribution is 2.29. The molecule has 158 valence electrons. The molecule has 2 aromatic rings. The average molecular weight is 466 g/mol. The molecular weight excluding hydrogens is 445 g/mol. The van der Waals surface area contributed by atoms with Gasteiger partial charge >= 0.3 is 0 Å². The van der Waals surface area contributed by atoms with Gasteiger partial charge < -0.3 is 14.8 Å². The Hall–Kier alpha value is -2.22. The first kappa shape index (κ1) is 22.5. The van der Waals surface area contributed by atoms with E-state index < -0.39 is 0 Å².